The number of sulfonamides is 1. The van der Waals surface area contributed by atoms with Gasteiger partial charge in [0.25, 0.3) is 0 Å². The van der Waals surface area contributed by atoms with Crippen LogP contribution in [0.2, 0.25) is 0 Å². The standard InChI is InChI=1S/C14H20F2N2O2S/c1-10-9-18(21(2,19)20)7-6-13(10)17-8-11-4-3-5-12(15)14(11)16/h3-5,10,13,17H,6-9H2,1-2H3/t10-,13+/m1/s1. The molecule has 4 nitrogen and oxygen atoms in total. The van der Waals surface area contributed by atoms with Crippen molar-refractivity contribution in [3.8, 4) is 0 Å². The van der Waals surface area contributed by atoms with Crippen LogP contribution in [0.15, 0.2) is 18.2 Å². The lowest BCUT2D eigenvalue weighted by molar-refractivity contribution is 0.219. The number of piperidine rings is 1. The number of benzene rings is 1. The lowest BCUT2D eigenvalue weighted by Crippen LogP contribution is -2.49. The first-order valence-electron chi connectivity index (χ1n) is 6.90. The molecular formula is C14H20F2N2O2S. The molecule has 21 heavy (non-hydrogen) atoms. The summed E-state index contributed by atoms with van der Waals surface area (Å²) in [5.74, 6) is -1.56. The average molecular weight is 318 g/mol. The number of halogens is 2. The maximum atomic E-state index is 13.6. The smallest absolute Gasteiger partial charge is 0.211 e. The molecule has 1 N–H and O–H groups in total. The van der Waals surface area contributed by atoms with Crippen molar-refractivity contribution in [1.29, 1.82) is 0 Å². The highest BCUT2D eigenvalue weighted by Crippen LogP contribution is 2.20. The molecule has 0 saturated carbocycles. The van der Waals surface area contributed by atoms with Crippen molar-refractivity contribution in [2.45, 2.75) is 25.9 Å². The summed E-state index contributed by atoms with van der Waals surface area (Å²) in [6.07, 6.45) is 1.86. The van der Waals surface area contributed by atoms with E-state index < -0.39 is 21.7 Å². The minimum Gasteiger partial charge on any atom is -0.309 e. The Bertz CT molecular complexity index is 607. The minimum absolute atomic E-state index is 0.0886. The molecule has 1 heterocycles. The second-order valence-electron chi connectivity index (χ2n) is 5.59. The zero-order valence-corrected chi connectivity index (χ0v) is 13.0. The second kappa shape index (κ2) is 6.37. The molecule has 7 heteroatoms. The van der Waals surface area contributed by atoms with Gasteiger partial charge in [0.2, 0.25) is 10.0 Å². The largest absolute Gasteiger partial charge is 0.309 e. The van der Waals surface area contributed by atoms with Crippen molar-refractivity contribution in [3.05, 3.63) is 35.4 Å². The Hall–Kier alpha value is -1.05. The van der Waals surface area contributed by atoms with Crippen LogP contribution in [0.4, 0.5) is 8.78 Å². The quantitative estimate of drug-likeness (QED) is 0.920. The van der Waals surface area contributed by atoms with Gasteiger partial charge in [-0.05, 0) is 18.4 Å². The Labute approximate surface area is 124 Å². The summed E-state index contributed by atoms with van der Waals surface area (Å²) in [5.41, 5.74) is 0.285. The Morgan fingerprint density at radius 1 is 1.38 bits per heavy atom. The molecule has 0 spiro atoms. The molecule has 1 aliphatic heterocycles. The van der Waals surface area contributed by atoms with Gasteiger partial charge in [-0.3, -0.25) is 0 Å². The van der Waals surface area contributed by atoms with E-state index in [1.807, 2.05) is 6.92 Å². The van der Waals surface area contributed by atoms with Crippen molar-refractivity contribution in [2.75, 3.05) is 19.3 Å². The van der Waals surface area contributed by atoms with E-state index in [4.69, 9.17) is 0 Å². The molecule has 0 aliphatic carbocycles. The summed E-state index contributed by atoms with van der Waals surface area (Å²) in [5, 5.41) is 3.20. The molecule has 1 aliphatic rings. The SMILES string of the molecule is C[C@@H]1CN(S(C)(=O)=O)CC[C@@H]1NCc1cccc(F)c1F. The van der Waals surface area contributed by atoms with E-state index in [1.165, 1.54) is 16.6 Å². The van der Waals surface area contributed by atoms with Crippen LogP contribution >= 0.6 is 0 Å². The lowest BCUT2D eigenvalue weighted by Gasteiger charge is -2.36. The average Bonchev–Trinajstić information content (AvgIpc) is 2.40. The molecule has 1 saturated heterocycles. The summed E-state index contributed by atoms with van der Waals surface area (Å²) in [4.78, 5) is 0. The van der Waals surface area contributed by atoms with Gasteiger partial charge >= 0.3 is 0 Å². The molecule has 0 amide bonds. The number of hydrogen-bond acceptors (Lipinski definition) is 3. The first kappa shape index (κ1) is 16.3. The fraction of sp³-hybridized carbons (Fsp3) is 0.571. The zero-order chi connectivity index (χ0) is 15.6. The molecule has 1 aromatic carbocycles. The van der Waals surface area contributed by atoms with E-state index in [1.54, 1.807) is 6.07 Å². The van der Waals surface area contributed by atoms with Gasteiger partial charge in [-0.15, -0.1) is 0 Å². The summed E-state index contributed by atoms with van der Waals surface area (Å²) >= 11 is 0. The van der Waals surface area contributed by atoms with Gasteiger partial charge < -0.3 is 5.32 Å². The summed E-state index contributed by atoms with van der Waals surface area (Å²) in [7, 11) is -3.17. The summed E-state index contributed by atoms with van der Waals surface area (Å²) in [6.45, 7) is 3.09. The monoisotopic (exact) mass is 318 g/mol. The molecular weight excluding hydrogens is 298 g/mol. The van der Waals surface area contributed by atoms with Crippen LogP contribution in [0, 0.1) is 17.6 Å². The van der Waals surface area contributed by atoms with Gasteiger partial charge in [0.1, 0.15) is 0 Å². The third kappa shape index (κ3) is 3.99. The Morgan fingerprint density at radius 3 is 2.71 bits per heavy atom. The molecule has 1 fully saturated rings. The van der Waals surface area contributed by atoms with E-state index in [0.29, 0.717) is 19.5 Å². The van der Waals surface area contributed by atoms with E-state index in [2.05, 4.69) is 5.32 Å². The minimum atomic E-state index is -3.17. The highest BCUT2D eigenvalue weighted by atomic mass is 32.2. The number of rotatable bonds is 4. The maximum absolute atomic E-state index is 13.6. The van der Waals surface area contributed by atoms with E-state index >= 15 is 0 Å². The zero-order valence-electron chi connectivity index (χ0n) is 12.1. The van der Waals surface area contributed by atoms with Gasteiger partial charge in [0.05, 0.1) is 6.26 Å². The van der Waals surface area contributed by atoms with Crippen LogP contribution in [0.3, 0.4) is 0 Å². The van der Waals surface area contributed by atoms with E-state index in [-0.39, 0.29) is 24.1 Å². The number of nitrogens with one attached hydrogen (secondary N) is 1. The molecule has 0 bridgehead atoms. The van der Waals surface area contributed by atoms with Crippen LogP contribution in [-0.2, 0) is 16.6 Å². The Balaban J connectivity index is 1.95. The molecule has 2 atom stereocenters. The normalized spacial score (nSPS) is 24.2. The lowest BCUT2D eigenvalue weighted by atomic mass is 9.95. The van der Waals surface area contributed by atoms with Crippen molar-refractivity contribution < 1.29 is 17.2 Å². The molecule has 0 aromatic heterocycles. The van der Waals surface area contributed by atoms with Crippen LogP contribution in [-0.4, -0.2) is 38.1 Å². The molecule has 118 valence electrons. The van der Waals surface area contributed by atoms with Crippen molar-refractivity contribution >= 4 is 10.0 Å². The summed E-state index contributed by atoms with van der Waals surface area (Å²) < 4.78 is 51.2. The molecule has 2 rings (SSSR count). The van der Waals surface area contributed by atoms with Crippen molar-refractivity contribution in [3.63, 3.8) is 0 Å². The van der Waals surface area contributed by atoms with Crippen LogP contribution in [0.25, 0.3) is 0 Å². The Kier molecular flexibility index (Phi) is 4.95. The Morgan fingerprint density at radius 2 is 2.10 bits per heavy atom. The van der Waals surface area contributed by atoms with Crippen molar-refractivity contribution in [1.82, 2.24) is 9.62 Å². The van der Waals surface area contributed by atoms with Gasteiger partial charge in [-0.1, -0.05) is 19.1 Å². The van der Waals surface area contributed by atoms with E-state index in [0.717, 1.165) is 6.07 Å². The first-order chi connectivity index (χ1) is 9.79. The van der Waals surface area contributed by atoms with Crippen molar-refractivity contribution in [2.24, 2.45) is 5.92 Å². The molecule has 0 radical (unpaired) electrons. The predicted molar refractivity (Wildman–Crippen MR) is 77.2 cm³/mol. The molecule has 1 aromatic rings. The number of nitrogens with zero attached hydrogens (tertiary/aromatic N) is 1. The van der Waals surface area contributed by atoms with Gasteiger partial charge in [0.15, 0.2) is 11.6 Å². The van der Waals surface area contributed by atoms with Crippen LogP contribution in [0.5, 0.6) is 0 Å². The number of hydrogen-bond donors (Lipinski definition) is 1. The predicted octanol–water partition coefficient (Wildman–Crippen LogP) is 1.72. The van der Waals surface area contributed by atoms with Gasteiger partial charge in [-0.2, -0.15) is 0 Å². The van der Waals surface area contributed by atoms with Gasteiger partial charge in [-0.25, -0.2) is 21.5 Å². The highest BCUT2D eigenvalue weighted by molar-refractivity contribution is 7.88. The third-order valence-corrected chi connectivity index (χ3v) is 5.19. The topological polar surface area (TPSA) is 49.4 Å². The summed E-state index contributed by atoms with van der Waals surface area (Å²) in [6, 6.07) is 4.20. The second-order valence-corrected chi connectivity index (χ2v) is 7.57. The first-order valence-corrected chi connectivity index (χ1v) is 8.75. The fourth-order valence-electron chi connectivity index (χ4n) is 2.64. The third-order valence-electron chi connectivity index (χ3n) is 3.92. The molecule has 0 unspecified atom stereocenters. The van der Waals surface area contributed by atoms with E-state index in [9.17, 15) is 17.2 Å². The van der Waals surface area contributed by atoms with Gasteiger partial charge in [0, 0.05) is 31.2 Å². The van der Waals surface area contributed by atoms with Crippen LogP contribution in [0.1, 0.15) is 18.9 Å². The fourth-order valence-corrected chi connectivity index (χ4v) is 3.58. The van der Waals surface area contributed by atoms with Crippen LogP contribution < -0.4 is 5.32 Å². The highest BCUT2D eigenvalue weighted by Gasteiger charge is 2.30. The maximum Gasteiger partial charge on any atom is 0.211 e.